The number of halogens is 1. The number of carbonyl (C=O) groups is 1. The maximum Gasteiger partial charge on any atom is 0.234 e. The van der Waals surface area contributed by atoms with Gasteiger partial charge in [-0.25, -0.2) is 0 Å². The molecule has 25 heavy (non-hydrogen) atoms. The molecule has 0 aliphatic heterocycles. The summed E-state index contributed by atoms with van der Waals surface area (Å²) in [6.45, 7) is 0. The molecule has 2 fully saturated rings. The number of carbonyl (C=O) groups excluding carboxylic acids is 1. The van der Waals surface area contributed by atoms with E-state index in [4.69, 9.17) is 16.3 Å². The van der Waals surface area contributed by atoms with Crippen LogP contribution in [0.3, 0.4) is 0 Å². The molecule has 2 aromatic rings. The predicted molar refractivity (Wildman–Crippen MR) is 97.6 cm³/mol. The minimum Gasteiger partial charge on any atom is -0.495 e. The molecule has 0 atom stereocenters. The summed E-state index contributed by atoms with van der Waals surface area (Å²) in [5, 5.41) is 12.9. The summed E-state index contributed by atoms with van der Waals surface area (Å²) in [4.78, 5) is 12.3. The number of thioether (sulfide) groups is 1. The molecule has 0 spiro atoms. The summed E-state index contributed by atoms with van der Waals surface area (Å²) in [6.07, 6.45) is 4.75. The molecule has 0 saturated heterocycles. The Hall–Kier alpha value is -1.73. The van der Waals surface area contributed by atoms with E-state index in [0.717, 1.165) is 11.0 Å². The van der Waals surface area contributed by atoms with Crippen LogP contribution in [0, 0.1) is 0 Å². The van der Waals surface area contributed by atoms with Crippen LogP contribution in [0.25, 0.3) is 0 Å². The number of benzene rings is 1. The molecule has 132 valence electrons. The van der Waals surface area contributed by atoms with Crippen molar-refractivity contribution in [1.82, 2.24) is 14.8 Å². The number of ether oxygens (including phenoxy) is 1. The monoisotopic (exact) mass is 378 g/mol. The number of nitrogens with one attached hydrogen (secondary N) is 1. The average Bonchev–Trinajstić information content (AvgIpc) is 3.52. The molecule has 1 aromatic carbocycles. The third-order valence-corrected chi connectivity index (χ3v) is 5.49. The molecule has 0 radical (unpaired) electrons. The number of amides is 1. The van der Waals surface area contributed by atoms with Crippen LogP contribution in [-0.2, 0) is 4.79 Å². The van der Waals surface area contributed by atoms with Gasteiger partial charge in [-0.3, -0.25) is 4.79 Å². The first-order valence-corrected chi connectivity index (χ1v) is 9.73. The SMILES string of the molecule is COc1ccc(Cl)cc1NC(=O)CSc1nnc(C2CC2)n1C1CC1. The Kier molecular flexibility index (Phi) is 4.60. The van der Waals surface area contributed by atoms with Crippen LogP contribution >= 0.6 is 23.4 Å². The van der Waals surface area contributed by atoms with Gasteiger partial charge in [0.1, 0.15) is 11.6 Å². The van der Waals surface area contributed by atoms with Crippen LogP contribution in [0.1, 0.15) is 43.5 Å². The van der Waals surface area contributed by atoms with E-state index < -0.39 is 0 Å². The van der Waals surface area contributed by atoms with Crippen molar-refractivity contribution in [2.75, 3.05) is 18.2 Å². The Morgan fingerprint density at radius 1 is 1.36 bits per heavy atom. The van der Waals surface area contributed by atoms with E-state index in [1.165, 1.54) is 37.4 Å². The van der Waals surface area contributed by atoms with Crippen LogP contribution in [0.5, 0.6) is 5.75 Å². The minimum absolute atomic E-state index is 0.121. The maximum atomic E-state index is 12.3. The molecule has 0 bridgehead atoms. The first-order valence-electron chi connectivity index (χ1n) is 8.36. The number of aromatic nitrogens is 3. The molecule has 1 amide bonds. The zero-order valence-electron chi connectivity index (χ0n) is 13.9. The van der Waals surface area contributed by atoms with Gasteiger partial charge in [0, 0.05) is 17.0 Å². The number of rotatable bonds is 7. The number of hydrogen-bond donors (Lipinski definition) is 1. The van der Waals surface area contributed by atoms with Crippen molar-refractivity contribution in [3.05, 3.63) is 29.0 Å². The summed E-state index contributed by atoms with van der Waals surface area (Å²) in [5.41, 5.74) is 0.572. The molecule has 2 saturated carbocycles. The third-order valence-electron chi connectivity index (χ3n) is 4.31. The van der Waals surface area contributed by atoms with Crippen molar-refractivity contribution in [3.63, 3.8) is 0 Å². The van der Waals surface area contributed by atoms with Crippen LogP contribution in [0.4, 0.5) is 5.69 Å². The Labute approximate surface area is 155 Å². The minimum atomic E-state index is -0.121. The normalized spacial score (nSPS) is 16.7. The van der Waals surface area contributed by atoms with Gasteiger partial charge in [-0.15, -0.1) is 10.2 Å². The highest BCUT2D eigenvalue weighted by Crippen LogP contribution is 2.46. The van der Waals surface area contributed by atoms with Crippen molar-refractivity contribution in [2.45, 2.75) is 42.8 Å². The molecule has 2 aliphatic carbocycles. The Balaban J connectivity index is 1.42. The molecule has 6 nitrogen and oxygen atoms in total. The van der Waals surface area contributed by atoms with Gasteiger partial charge in [0.2, 0.25) is 5.91 Å². The lowest BCUT2D eigenvalue weighted by molar-refractivity contribution is -0.113. The van der Waals surface area contributed by atoms with Crippen molar-refractivity contribution in [1.29, 1.82) is 0 Å². The quantitative estimate of drug-likeness (QED) is 0.740. The van der Waals surface area contributed by atoms with Gasteiger partial charge >= 0.3 is 0 Å². The van der Waals surface area contributed by atoms with E-state index in [2.05, 4.69) is 20.1 Å². The maximum absolute atomic E-state index is 12.3. The Morgan fingerprint density at radius 2 is 2.16 bits per heavy atom. The lowest BCUT2D eigenvalue weighted by Gasteiger charge is -2.11. The van der Waals surface area contributed by atoms with E-state index in [1.54, 1.807) is 25.3 Å². The summed E-state index contributed by atoms with van der Waals surface area (Å²) < 4.78 is 7.50. The summed E-state index contributed by atoms with van der Waals surface area (Å²) >= 11 is 7.43. The molecule has 0 unspecified atom stereocenters. The van der Waals surface area contributed by atoms with Crippen molar-refractivity contribution >= 4 is 35.0 Å². The summed E-state index contributed by atoms with van der Waals surface area (Å²) in [6, 6.07) is 5.66. The van der Waals surface area contributed by atoms with E-state index in [1.807, 2.05) is 0 Å². The van der Waals surface area contributed by atoms with Crippen LogP contribution in [-0.4, -0.2) is 33.5 Å². The second kappa shape index (κ2) is 6.88. The second-order valence-electron chi connectivity index (χ2n) is 6.40. The van der Waals surface area contributed by atoms with Gasteiger partial charge in [0.25, 0.3) is 0 Å². The molecule has 4 rings (SSSR count). The highest BCUT2D eigenvalue weighted by Gasteiger charge is 2.36. The number of methoxy groups -OCH3 is 1. The Bertz CT molecular complexity index is 802. The van der Waals surface area contributed by atoms with Gasteiger partial charge < -0.3 is 14.6 Å². The van der Waals surface area contributed by atoms with E-state index in [0.29, 0.717) is 28.4 Å². The largest absolute Gasteiger partial charge is 0.495 e. The van der Waals surface area contributed by atoms with Gasteiger partial charge in [-0.05, 0) is 43.9 Å². The van der Waals surface area contributed by atoms with Crippen molar-refractivity contribution in [3.8, 4) is 5.75 Å². The molecule has 2 aliphatic rings. The van der Waals surface area contributed by atoms with Gasteiger partial charge in [0.15, 0.2) is 5.16 Å². The number of anilines is 1. The summed E-state index contributed by atoms with van der Waals surface area (Å²) in [7, 11) is 1.56. The topological polar surface area (TPSA) is 69.0 Å². The molecular formula is C17H19ClN4O2S. The van der Waals surface area contributed by atoms with E-state index in [-0.39, 0.29) is 11.7 Å². The smallest absolute Gasteiger partial charge is 0.234 e. The zero-order valence-corrected chi connectivity index (χ0v) is 15.4. The van der Waals surface area contributed by atoms with Crippen LogP contribution in [0.2, 0.25) is 5.02 Å². The molecule has 1 aromatic heterocycles. The highest BCUT2D eigenvalue weighted by molar-refractivity contribution is 7.99. The molecule has 8 heteroatoms. The predicted octanol–water partition coefficient (Wildman–Crippen LogP) is 3.88. The van der Waals surface area contributed by atoms with Gasteiger partial charge in [0.05, 0.1) is 18.6 Å². The first kappa shape index (κ1) is 16.7. The number of hydrogen-bond acceptors (Lipinski definition) is 5. The number of nitrogens with zero attached hydrogens (tertiary/aromatic N) is 3. The van der Waals surface area contributed by atoms with E-state index >= 15 is 0 Å². The molecular weight excluding hydrogens is 360 g/mol. The van der Waals surface area contributed by atoms with Crippen molar-refractivity contribution < 1.29 is 9.53 Å². The van der Waals surface area contributed by atoms with Crippen LogP contribution in [0.15, 0.2) is 23.4 Å². The van der Waals surface area contributed by atoms with E-state index in [9.17, 15) is 4.79 Å². The fourth-order valence-electron chi connectivity index (χ4n) is 2.78. The molecule has 1 heterocycles. The lowest BCUT2D eigenvalue weighted by Crippen LogP contribution is -2.15. The second-order valence-corrected chi connectivity index (χ2v) is 7.78. The lowest BCUT2D eigenvalue weighted by atomic mass is 10.3. The van der Waals surface area contributed by atoms with Crippen molar-refractivity contribution in [2.24, 2.45) is 0 Å². The standard InChI is InChI=1S/C17H19ClN4O2S/c1-24-14-7-4-11(18)8-13(14)19-15(23)9-25-17-21-20-16(10-2-3-10)22(17)12-5-6-12/h4,7-8,10,12H,2-3,5-6,9H2,1H3,(H,19,23). The Morgan fingerprint density at radius 3 is 2.84 bits per heavy atom. The zero-order chi connectivity index (χ0) is 17.4. The average molecular weight is 379 g/mol. The third kappa shape index (κ3) is 3.77. The van der Waals surface area contributed by atoms with Gasteiger partial charge in [-0.1, -0.05) is 23.4 Å². The fraction of sp³-hybridized carbons (Fsp3) is 0.471. The van der Waals surface area contributed by atoms with Crippen LogP contribution < -0.4 is 10.1 Å². The summed E-state index contributed by atoms with van der Waals surface area (Å²) in [5.74, 6) is 2.39. The van der Waals surface area contributed by atoms with Gasteiger partial charge in [-0.2, -0.15) is 0 Å². The first-order chi connectivity index (χ1) is 12.2. The fourth-order valence-corrected chi connectivity index (χ4v) is 3.76. The molecule has 1 N–H and O–H groups in total. The highest BCUT2D eigenvalue weighted by atomic mass is 35.5.